The van der Waals surface area contributed by atoms with E-state index < -0.39 is 84.2 Å². The fraction of sp³-hybridized carbons (Fsp3) is 0.829. The number of ether oxygens (including phenoxy) is 1. The third-order valence-corrected chi connectivity index (χ3v) is 9.53. The lowest BCUT2D eigenvalue weighted by atomic mass is 9.83. The first-order valence-electron chi connectivity index (χ1n) is 18.1. The van der Waals surface area contributed by atoms with Gasteiger partial charge in [-0.1, -0.05) is 73.1 Å². The molecule has 0 aromatic heterocycles. The van der Waals surface area contributed by atoms with E-state index >= 15 is 0 Å². The van der Waals surface area contributed by atoms with Gasteiger partial charge in [-0.25, -0.2) is 0 Å². The zero-order valence-electron chi connectivity index (χ0n) is 30.8. The van der Waals surface area contributed by atoms with Gasteiger partial charge in [-0.3, -0.25) is 28.8 Å². The van der Waals surface area contributed by atoms with Crippen molar-refractivity contribution < 1.29 is 38.6 Å². The van der Waals surface area contributed by atoms with Gasteiger partial charge in [0.15, 0.2) is 0 Å². The number of nitrogens with one attached hydrogen (secondary N) is 3. The molecule has 0 aliphatic heterocycles. The summed E-state index contributed by atoms with van der Waals surface area (Å²) in [7, 11) is 1.53. The molecule has 0 spiro atoms. The molecule has 0 unspecified atom stereocenters. The lowest BCUT2D eigenvalue weighted by Gasteiger charge is -2.36. The first-order chi connectivity index (χ1) is 23.0. The summed E-state index contributed by atoms with van der Waals surface area (Å²) in [6.07, 6.45) is 6.83. The molecule has 49 heavy (non-hydrogen) atoms. The average Bonchev–Trinajstić information content (AvgIpc) is 3.07. The monoisotopic (exact) mass is 696 g/mol. The van der Waals surface area contributed by atoms with Gasteiger partial charge in [0.25, 0.3) is 0 Å². The van der Waals surface area contributed by atoms with E-state index in [1.807, 2.05) is 13.8 Å². The maximum absolute atomic E-state index is 14.0. The van der Waals surface area contributed by atoms with Crippen molar-refractivity contribution in [3.63, 3.8) is 0 Å². The Morgan fingerprint density at radius 3 is 2.04 bits per heavy atom. The van der Waals surface area contributed by atoms with E-state index in [2.05, 4.69) is 22.9 Å². The molecule has 14 nitrogen and oxygen atoms in total. The Morgan fingerprint density at radius 2 is 1.51 bits per heavy atom. The second-order valence-corrected chi connectivity index (χ2v) is 14.1. The van der Waals surface area contributed by atoms with E-state index in [4.69, 9.17) is 16.2 Å². The SMILES string of the molecule is CCCCCC[C@@H](OC(=O)CNC(=O)[C@@H](C)[C@H](C)O)[C@@H](C)C(=O)N(C)[C@@H](CC(C)C)C(=O)N[C@H](C(=O)N[C@@H](CN)C(N)=O)C1CCCCC1. The highest BCUT2D eigenvalue weighted by Gasteiger charge is 2.38. The van der Waals surface area contributed by atoms with Gasteiger partial charge in [0.1, 0.15) is 30.8 Å². The van der Waals surface area contributed by atoms with Crippen LogP contribution in [0.5, 0.6) is 0 Å². The number of aliphatic hydroxyl groups excluding tert-OH is 1. The molecule has 1 saturated carbocycles. The molecular formula is C35H64N6O8. The number of nitrogens with two attached hydrogens (primary N) is 2. The molecule has 7 atom stereocenters. The number of nitrogens with zero attached hydrogens (tertiary/aromatic N) is 1. The number of amides is 5. The van der Waals surface area contributed by atoms with Gasteiger partial charge in [-0.15, -0.1) is 0 Å². The number of carbonyl (C=O) groups excluding carboxylic acids is 6. The largest absolute Gasteiger partial charge is 0.460 e. The first-order valence-corrected chi connectivity index (χ1v) is 18.1. The quantitative estimate of drug-likeness (QED) is 0.0712. The van der Waals surface area contributed by atoms with Crippen LogP contribution >= 0.6 is 0 Å². The summed E-state index contributed by atoms with van der Waals surface area (Å²) in [4.78, 5) is 79.7. The van der Waals surface area contributed by atoms with Crippen molar-refractivity contribution in [2.45, 2.75) is 143 Å². The average molecular weight is 697 g/mol. The van der Waals surface area contributed by atoms with E-state index in [0.29, 0.717) is 32.1 Å². The summed E-state index contributed by atoms with van der Waals surface area (Å²) in [5, 5.41) is 17.7. The van der Waals surface area contributed by atoms with Crippen LogP contribution in [0.2, 0.25) is 0 Å². The summed E-state index contributed by atoms with van der Waals surface area (Å²) in [6.45, 7) is 10.0. The second-order valence-electron chi connectivity index (χ2n) is 14.1. The number of hydrogen-bond acceptors (Lipinski definition) is 9. The molecule has 0 aromatic carbocycles. The number of primary amides is 1. The predicted octanol–water partition coefficient (Wildman–Crippen LogP) is 1.50. The molecule has 0 aromatic rings. The van der Waals surface area contributed by atoms with Crippen LogP contribution in [-0.4, -0.2) is 96.0 Å². The molecule has 8 N–H and O–H groups in total. The van der Waals surface area contributed by atoms with Crippen LogP contribution in [0, 0.1) is 23.7 Å². The third kappa shape index (κ3) is 15.0. The number of unbranched alkanes of at least 4 members (excludes halogenated alkanes) is 3. The third-order valence-electron chi connectivity index (χ3n) is 9.53. The lowest BCUT2D eigenvalue weighted by molar-refractivity contribution is -0.158. The maximum Gasteiger partial charge on any atom is 0.325 e. The minimum atomic E-state index is -1.08. The number of rotatable bonds is 22. The van der Waals surface area contributed by atoms with Crippen LogP contribution in [0.4, 0.5) is 0 Å². The van der Waals surface area contributed by atoms with Crippen LogP contribution in [-0.2, 0) is 33.5 Å². The van der Waals surface area contributed by atoms with Crippen molar-refractivity contribution in [3.05, 3.63) is 0 Å². The second kappa shape index (κ2) is 22.5. The van der Waals surface area contributed by atoms with Gasteiger partial charge in [-0.2, -0.15) is 0 Å². The molecule has 0 saturated heterocycles. The van der Waals surface area contributed by atoms with Crippen molar-refractivity contribution >= 4 is 35.5 Å². The molecule has 1 aliphatic rings. The van der Waals surface area contributed by atoms with Crippen LogP contribution < -0.4 is 27.4 Å². The molecule has 0 radical (unpaired) electrons. The molecule has 282 valence electrons. The molecule has 0 heterocycles. The Morgan fingerprint density at radius 1 is 0.878 bits per heavy atom. The maximum atomic E-state index is 14.0. The highest BCUT2D eigenvalue weighted by Crippen LogP contribution is 2.28. The van der Waals surface area contributed by atoms with Gasteiger partial charge in [0.2, 0.25) is 29.5 Å². The van der Waals surface area contributed by atoms with Crippen LogP contribution in [0.15, 0.2) is 0 Å². The molecule has 1 aliphatic carbocycles. The molecule has 5 amide bonds. The van der Waals surface area contributed by atoms with Crippen molar-refractivity contribution in [3.8, 4) is 0 Å². The summed E-state index contributed by atoms with van der Waals surface area (Å²) in [5.74, 6) is -5.13. The van der Waals surface area contributed by atoms with E-state index in [0.717, 1.165) is 38.5 Å². The van der Waals surface area contributed by atoms with Gasteiger partial charge in [-0.05, 0) is 50.9 Å². The number of aliphatic hydroxyl groups is 1. The van der Waals surface area contributed by atoms with Gasteiger partial charge in [0, 0.05) is 13.6 Å². The van der Waals surface area contributed by atoms with Gasteiger partial charge >= 0.3 is 5.97 Å². The standard InChI is InChI=1S/C35H64N6O8/c1-8-9-10-14-17-28(49-29(43)20-38-32(45)22(4)24(6)42)23(5)35(48)41(7)27(18-21(2)3)33(46)40-30(25-15-12-11-13-16-25)34(47)39-26(19-36)31(37)44/h21-28,30,42H,8-20,36H2,1-7H3,(H2,37,44)(H,38,45)(H,39,47)(H,40,46)/t22-,23+,24-,26-,27-,28+,30-/m0/s1. The number of esters is 1. The number of carbonyl (C=O) groups is 6. The van der Waals surface area contributed by atoms with E-state index in [1.165, 1.54) is 18.9 Å². The van der Waals surface area contributed by atoms with Crippen molar-refractivity contribution in [1.29, 1.82) is 0 Å². The fourth-order valence-corrected chi connectivity index (χ4v) is 6.08. The zero-order chi connectivity index (χ0) is 37.3. The van der Waals surface area contributed by atoms with Gasteiger partial charge < -0.3 is 42.2 Å². The smallest absolute Gasteiger partial charge is 0.325 e. The molecule has 0 bridgehead atoms. The molecular weight excluding hydrogens is 632 g/mol. The Labute approximate surface area is 292 Å². The topological polar surface area (TPSA) is 223 Å². The minimum Gasteiger partial charge on any atom is -0.460 e. The highest BCUT2D eigenvalue weighted by molar-refractivity contribution is 5.94. The van der Waals surface area contributed by atoms with Crippen molar-refractivity contribution in [2.75, 3.05) is 20.1 Å². The Kier molecular flexibility index (Phi) is 20.1. The normalized spacial score (nSPS) is 17.8. The molecule has 14 heteroatoms. The summed E-state index contributed by atoms with van der Waals surface area (Å²) in [5.41, 5.74) is 11.1. The Balaban J connectivity index is 3.22. The fourth-order valence-electron chi connectivity index (χ4n) is 6.08. The van der Waals surface area contributed by atoms with Crippen LogP contribution in [0.3, 0.4) is 0 Å². The lowest BCUT2D eigenvalue weighted by Crippen LogP contribution is -2.60. The predicted molar refractivity (Wildman–Crippen MR) is 186 cm³/mol. The first kappa shape index (κ1) is 43.8. The van der Waals surface area contributed by atoms with E-state index in [1.54, 1.807) is 13.8 Å². The summed E-state index contributed by atoms with van der Waals surface area (Å²) in [6, 6.07) is -2.97. The Bertz CT molecular complexity index is 1080. The zero-order valence-corrected chi connectivity index (χ0v) is 30.8. The molecule has 1 fully saturated rings. The van der Waals surface area contributed by atoms with Crippen LogP contribution in [0.25, 0.3) is 0 Å². The van der Waals surface area contributed by atoms with Crippen molar-refractivity contribution in [2.24, 2.45) is 35.1 Å². The number of hydrogen-bond donors (Lipinski definition) is 6. The summed E-state index contributed by atoms with van der Waals surface area (Å²) >= 11 is 0. The van der Waals surface area contributed by atoms with Crippen molar-refractivity contribution in [1.82, 2.24) is 20.9 Å². The summed E-state index contributed by atoms with van der Waals surface area (Å²) < 4.78 is 5.75. The Hall–Kier alpha value is -3.26. The highest BCUT2D eigenvalue weighted by atomic mass is 16.5. The number of likely N-dealkylation sites (N-methyl/N-ethyl adjacent to an activating group) is 1. The van der Waals surface area contributed by atoms with Gasteiger partial charge in [0.05, 0.1) is 17.9 Å². The molecule has 1 rings (SSSR count). The van der Waals surface area contributed by atoms with Crippen LogP contribution in [0.1, 0.15) is 112 Å². The van der Waals surface area contributed by atoms with E-state index in [-0.39, 0.29) is 18.4 Å². The minimum absolute atomic E-state index is 0.00931. The van der Waals surface area contributed by atoms with E-state index in [9.17, 15) is 33.9 Å².